The van der Waals surface area contributed by atoms with Crippen LogP contribution >= 0.6 is 11.6 Å². The van der Waals surface area contributed by atoms with Crippen LogP contribution in [0.15, 0.2) is 6.07 Å². The van der Waals surface area contributed by atoms with Gasteiger partial charge in [-0.05, 0) is 0 Å². The average molecular weight is 283 g/mol. The van der Waals surface area contributed by atoms with Gasteiger partial charge in [0.2, 0.25) is 11.6 Å². The molecule has 1 aliphatic carbocycles. The Bertz CT molecular complexity index is 463. The molecular weight excluding hydrogens is 272 g/mol. The Labute approximate surface area is 107 Å². The van der Waals surface area contributed by atoms with Gasteiger partial charge in [0.1, 0.15) is 6.10 Å². The predicted octanol–water partition coefficient (Wildman–Crippen LogP) is 4.03. The van der Waals surface area contributed by atoms with Gasteiger partial charge in [-0.25, -0.2) is 8.78 Å². The molecule has 0 aliphatic heterocycles. The normalized spacial score (nSPS) is 25.7. The highest BCUT2D eigenvalue weighted by Gasteiger charge is 2.49. The maximum Gasteiger partial charge on any atom is 0.203 e. The maximum atomic E-state index is 13.4. The third-order valence-corrected chi connectivity index (χ3v) is 4.13. The maximum absolute atomic E-state index is 13.4. The van der Waals surface area contributed by atoms with Crippen LogP contribution in [0.25, 0.3) is 0 Å². The molecule has 0 saturated heterocycles. The van der Waals surface area contributed by atoms with Crippen molar-refractivity contribution in [1.82, 2.24) is 0 Å². The molecule has 2 unspecified atom stereocenters. The number of benzene rings is 1. The lowest BCUT2D eigenvalue weighted by molar-refractivity contribution is -0.0186. The minimum Gasteiger partial charge on any atom is -0.484 e. The zero-order valence-electron chi connectivity index (χ0n) is 9.74. The lowest BCUT2D eigenvalue weighted by Crippen LogP contribution is -2.53. The number of hydrogen-bond donors (Lipinski definition) is 0. The summed E-state index contributed by atoms with van der Waals surface area (Å²) in [5, 5.41) is -0.202. The van der Waals surface area contributed by atoms with Crippen molar-refractivity contribution in [2.24, 2.45) is 5.41 Å². The standard InChI is InChI=1S/C12H11ClF4O/c1-12(2)7(13)4-8(12)18-11-9(16)5(14)3-6(15)10(11)17/h3,7-8H,4H2,1-2H3. The second-order valence-electron chi connectivity index (χ2n) is 4.93. The second-order valence-corrected chi connectivity index (χ2v) is 5.46. The van der Waals surface area contributed by atoms with Crippen molar-refractivity contribution in [1.29, 1.82) is 0 Å². The molecule has 2 atom stereocenters. The summed E-state index contributed by atoms with van der Waals surface area (Å²) in [5.41, 5.74) is -0.511. The lowest BCUT2D eigenvalue weighted by Gasteiger charge is -2.48. The summed E-state index contributed by atoms with van der Waals surface area (Å²) < 4.78 is 57.7. The highest BCUT2D eigenvalue weighted by molar-refractivity contribution is 6.21. The smallest absolute Gasteiger partial charge is 0.203 e. The molecule has 0 spiro atoms. The van der Waals surface area contributed by atoms with E-state index in [1.165, 1.54) is 0 Å². The van der Waals surface area contributed by atoms with Gasteiger partial charge in [-0.2, -0.15) is 8.78 Å². The molecular formula is C12H11ClF4O. The van der Waals surface area contributed by atoms with E-state index in [1.807, 2.05) is 0 Å². The molecule has 1 aromatic rings. The van der Waals surface area contributed by atoms with E-state index < -0.39 is 40.5 Å². The van der Waals surface area contributed by atoms with Gasteiger partial charge >= 0.3 is 0 Å². The fraction of sp³-hybridized carbons (Fsp3) is 0.500. The summed E-state index contributed by atoms with van der Waals surface area (Å²) in [4.78, 5) is 0. The van der Waals surface area contributed by atoms with E-state index >= 15 is 0 Å². The van der Waals surface area contributed by atoms with Crippen molar-refractivity contribution in [3.05, 3.63) is 29.3 Å². The van der Waals surface area contributed by atoms with Gasteiger partial charge in [0.25, 0.3) is 0 Å². The van der Waals surface area contributed by atoms with Crippen LogP contribution in [0.4, 0.5) is 17.6 Å². The topological polar surface area (TPSA) is 9.23 Å². The van der Waals surface area contributed by atoms with Crippen molar-refractivity contribution >= 4 is 11.6 Å². The fourth-order valence-electron chi connectivity index (χ4n) is 1.83. The molecule has 1 nitrogen and oxygen atoms in total. The molecule has 0 heterocycles. The summed E-state index contributed by atoms with van der Waals surface area (Å²) in [6, 6.07) is 0.147. The summed E-state index contributed by atoms with van der Waals surface area (Å²) in [6.45, 7) is 3.51. The molecule has 2 rings (SSSR count). The van der Waals surface area contributed by atoms with Crippen LogP contribution in [0.5, 0.6) is 5.75 Å². The van der Waals surface area contributed by atoms with E-state index in [1.54, 1.807) is 13.8 Å². The van der Waals surface area contributed by atoms with Gasteiger partial charge < -0.3 is 4.74 Å². The van der Waals surface area contributed by atoms with Crippen molar-refractivity contribution < 1.29 is 22.3 Å². The van der Waals surface area contributed by atoms with Crippen molar-refractivity contribution in [2.75, 3.05) is 0 Å². The molecule has 0 N–H and O–H groups in total. The fourth-order valence-corrected chi connectivity index (χ4v) is 2.14. The second kappa shape index (κ2) is 4.30. The summed E-state index contributed by atoms with van der Waals surface area (Å²) in [5.74, 6) is -7.04. The first-order chi connectivity index (χ1) is 8.25. The van der Waals surface area contributed by atoms with Gasteiger partial charge in [-0.1, -0.05) is 13.8 Å². The van der Waals surface area contributed by atoms with Crippen LogP contribution in [0, 0.1) is 28.7 Å². The number of ether oxygens (including phenoxy) is 1. The number of halogens is 5. The first-order valence-electron chi connectivity index (χ1n) is 5.39. The van der Waals surface area contributed by atoms with Gasteiger partial charge in [0.05, 0.1) is 0 Å². The minimum absolute atomic E-state index is 0.147. The molecule has 1 aliphatic rings. The van der Waals surface area contributed by atoms with Gasteiger partial charge in [0, 0.05) is 23.3 Å². The molecule has 100 valence electrons. The third kappa shape index (κ3) is 1.94. The lowest BCUT2D eigenvalue weighted by atomic mass is 9.68. The Morgan fingerprint density at radius 2 is 1.67 bits per heavy atom. The Morgan fingerprint density at radius 3 is 2.06 bits per heavy atom. The molecule has 0 aromatic heterocycles. The van der Waals surface area contributed by atoms with Gasteiger partial charge in [0.15, 0.2) is 17.4 Å². The Hall–Kier alpha value is -0.970. The third-order valence-electron chi connectivity index (χ3n) is 3.39. The summed E-state index contributed by atoms with van der Waals surface area (Å²) >= 11 is 5.93. The average Bonchev–Trinajstić information content (AvgIpc) is 2.30. The molecule has 0 amide bonds. The van der Waals surface area contributed by atoms with E-state index in [4.69, 9.17) is 16.3 Å². The molecule has 6 heteroatoms. The molecule has 18 heavy (non-hydrogen) atoms. The van der Waals surface area contributed by atoms with Crippen molar-refractivity contribution in [2.45, 2.75) is 31.7 Å². The SMILES string of the molecule is CC1(C)C(Cl)CC1Oc1c(F)c(F)cc(F)c1F. The molecule has 0 bridgehead atoms. The van der Waals surface area contributed by atoms with Crippen LogP contribution in [0.3, 0.4) is 0 Å². The molecule has 1 saturated carbocycles. The van der Waals surface area contributed by atoms with Crippen LogP contribution < -0.4 is 4.74 Å². The van der Waals surface area contributed by atoms with Crippen LogP contribution in [0.1, 0.15) is 20.3 Å². The van der Waals surface area contributed by atoms with Gasteiger partial charge in [-0.15, -0.1) is 11.6 Å². The molecule has 1 aromatic carbocycles. The minimum atomic E-state index is -1.53. The predicted molar refractivity (Wildman–Crippen MR) is 58.7 cm³/mol. The number of alkyl halides is 1. The van der Waals surface area contributed by atoms with Crippen molar-refractivity contribution in [3.63, 3.8) is 0 Å². The molecule has 0 radical (unpaired) electrons. The summed E-state index contributed by atoms with van der Waals surface area (Å²) in [7, 11) is 0. The van der Waals surface area contributed by atoms with Crippen LogP contribution in [-0.4, -0.2) is 11.5 Å². The number of hydrogen-bond acceptors (Lipinski definition) is 1. The van der Waals surface area contributed by atoms with E-state index in [2.05, 4.69) is 0 Å². The van der Waals surface area contributed by atoms with E-state index in [0.29, 0.717) is 6.42 Å². The van der Waals surface area contributed by atoms with E-state index in [-0.39, 0.29) is 11.4 Å². The first-order valence-corrected chi connectivity index (χ1v) is 5.82. The summed E-state index contributed by atoms with van der Waals surface area (Å²) in [6.07, 6.45) is -0.212. The van der Waals surface area contributed by atoms with E-state index in [0.717, 1.165) is 0 Å². The Kier molecular flexibility index (Phi) is 3.21. The monoisotopic (exact) mass is 282 g/mol. The highest BCUT2D eigenvalue weighted by Crippen LogP contribution is 2.47. The van der Waals surface area contributed by atoms with Crippen LogP contribution in [-0.2, 0) is 0 Å². The largest absolute Gasteiger partial charge is 0.484 e. The van der Waals surface area contributed by atoms with Crippen molar-refractivity contribution in [3.8, 4) is 5.75 Å². The number of rotatable bonds is 2. The first kappa shape index (κ1) is 13.5. The zero-order valence-corrected chi connectivity index (χ0v) is 10.5. The van der Waals surface area contributed by atoms with E-state index in [9.17, 15) is 17.6 Å². The van der Waals surface area contributed by atoms with Gasteiger partial charge in [-0.3, -0.25) is 0 Å². The Balaban J connectivity index is 2.31. The Morgan fingerprint density at radius 1 is 1.17 bits per heavy atom. The molecule has 1 fully saturated rings. The van der Waals surface area contributed by atoms with Crippen LogP contribution in [0.2, 0.25) is 0 Å². The highest BCUT2D eigenvalue weighted by atomic mass is 35.5. The zero-order chi connectivity index (χ0) is 13.7. The quantitative estimate of drug-likeness (QED) is 0.452.